The van der Waals surface area contributed by atoms with Crippen LogP contribution < -0.4 is 20.1 Å². The normalized spacial score (nSPS) is 27.2. The van der Waals surface area contributed by atoms with Crippen molar-refractivity contribution in [3.63, 3.8) is 0 Å². The lowest BCUT2D eigenvalue weighted by Gasteiger charge is -2.27. The Morgan fingerprint density at radius 1 is 0.969 bits per heavy atom. The number of nitrogens with one attached hydrogen (secondary N) is 1. The fourth-order valence-electron chi connectivity index (χ4n) is 4.50. The van der Waals surface area contributed by atoms with E-state index in [9.17, 15) is 4.79 Å². The number of piperidine rings is 1. The molecule has 3 heterocycles. The van der Waals surface area contributed by atoms with Crippen molar-refractivity contribution < 1.29 is 23.7 Å². The predicted molar refractivity (Wildman–Crippen MR) is 118 cm³/mol. The molecule has 0 saturated carbocycles. The third kappa shape index (κ3) is 4.16. The molecule has 3 aliphatic rings. The number of amides is 1. The quantitative estimate of drug-likeness (QED) is 0.531. The van der Waals surface area contributed by atoms with Crippen LogP contribution in [0, 0.1) is 5.41 Å². The molecule has 8 heteroatoms. The largest absolute Gasteiger partial charge is 0.485 e. The molecule has 5 rings (SSSR count). The number of fused-ring (bicyclic) bond motifs is 1. The average Bonchev–Trinajstić information content (AvgIpc) is 3.38. The molecule has 3 saturated heterocycles. The van der Waals surface area contributed by atoms with Crippen LogP contribution in [0.4, 0.5) is 5.69 Å². The highest BCUT2D eigenvalue weighted by Crippen LogP contribution is 2.33. The summed E-state index contributed by atoms with van der Waals surface area (Å²) in [5, 5.41) is 7.59. The highest BCUT2D eigenvalue weighted by molar-refractivity contribution is 5.95. The Hall–Kier alpha value is -3.10. The van der Waals surface area contributed by atoms with Crippen LogP contribution in [0.1, 0.15) is 24.8 Å². The van der Waals surface area contributed by atoms with Gasteiger partial charge in [-0.3, -0.25) is 10.2 Å². The maximum atomic E-state index is 12.1. The van der Waals surface area contributed by atoms with Crippen LogP contribution >= 0.6 is 0 Å². The van der Waals surface area contributed by atoms with Gasteiger partial charge in [0.25, 0.3) is 0 Å². The molecule has 0 radical (unpaired) electrons. The van der Waals surface area contributed by atoms with Crippen molar-refractivity contribution in [3.05, 3.63) is 54.1 Å². The van der Waals surface area contributed by atoms with E-state index < -0.39 is 0 Å². The van der Waals surface area contributed by atoms with Crippen LogP contribution in [0.2, 0.25) is 0 Å². The van der Waals surface area contributed by atoms with Crippen LogP contribution in [0.15, 0.2) is 48.5 Å². The van der Waals surface area contributed by atoms with Gasteiger partial charge < -0.3 is 29.6 Å². The maximum absolute atomic E-state index is 12.1. The molecule has 2 aromatic carbocycles. The molecule has 1 amide bonds. The predicted octanol–water partition coefficient (Wildman–Crippen LogP) is 2.48. The van der Waals surface area contributed by atoms with Gasteiger partial charge in [0.05, 0.1) is 13.2 Å². The van der Waals surface area contributed by atoms with Gasteiger partial charge in [0.15, 0.2) is 12.2 Å². The number of nitrogens with two attached hydrogens (primary N) is 1. The maximum Gasteiger partial charge on any atom is 0.226 e. The second-order valence-corrected chi connectivity index (χ2v) is 8.35. The lowest BCUT2D eigenvalue weighted by Crippen LogP contribution is -2.36. The molecule has 168 valence electrons. The van der Waals surface area contributed by atoms with Crippen molar-refractivity contribution in [2.45, 2.75) is 43.7 Å². The van der Waals surface area contributed by atoms with Gasteiger partial charge in [-0.2, -0.15) is 0 Å². The van der Waals surface area contributed by atoms with Crippen LogP contribution in [0.25, 0.3) is 0 Å². The monoisotopic (exact) mass is 437 g/mol. The fraction of sp³-hybridized carbons (Fsp3) is 0.417. The number of hydrogen-bond acceptors (Lipinski definition) is 6. The molecule has 8 nitrogen and oxygen atoms in total. The molecule has 4 atom stereocenters. The van der Waals surface area contributed by atoms with Gasteiger partial charge in [0, 0.05) is 24.2 Å². The number of anilines is 1. The minimum Gasteiger partial charge on any atom is -0.485 e. The minimum atomic E-state index is -0.261. The van der Waals surface area contributed by atoms with E-state index in [2.05, 4.69) is 0 Å². The zero-order valence-corrected chi connectivity index (χ0v) is 17.7. The molecule has 0 unspecified atom stereocenters. The molecule has 0 spiro atoms. The molecular formula is C24H27N3O5. The number of benzene rings is 2. The Morgan fingerprint density at radius 3 is 2.31 bits per heavy atom. The van der Waals surface area contributed by atoms with E-state index in [1.165, 1.54) is 0 Å². The van der Waals surface area contributed by atoms with Gasteiger partial charge in [-0.25, -0.2) is 0 Å². The lowest BCUT2D eigenvalue weighted by molar-refractivity contribution is -0.119. The summed E-state index contributed by atoms with van der Waals surface area (Å²) in [4.78, 5) is 14.0. The number of hydrogen-bond donors (Lipinski definition) is 2. The standard InChI is InChI=1S/C24H27N3O5/c25-24(26)15-4-3-5-18(12-15)32-20-14-30-22-19(13-29-23(20)22)31-17-9-7-16(8-10-17)27-11-2-1-6-21(27)28/h3-5,7-10,12,19-20,22-23H,1-2,6,11,13-14H2,(H3,25,26)/t19-,20+,22-,23-/m1/s1. The summed E-state index contributed by atoms with van der Waals surface area (Å²) in [7, 11) is 0. The van der Waals surface area contributed by atoms with E-state index in [1.807, 2.05) is 41.3 Å². The lowest BCUT2D eigenvalue weighted by atomic mass is 10.1. The first kappa shape index (κ1) is 20.8. The van der Waals surface area contributed by atoms with Crippen LogP contribution in [-0.2, 0) is 14.3 Å². The summed E-state index contributed by atoms with van der Waals surface area (Å²) in [6.07, 6.45) is 1.66. The molecule has 0 aliphatic carbocycles. The number of nitrogen functional groups attached to an aromatic ring is 1. The van der Waals surface area contributed by atoms with Crippen molar-refractivity contribution in [2.75, 3.05) is 24.7 Å². The highest BCUT2D eigenvalue weighted by atomic mass is 16.6. The first-order valence-corrected chi connectivity index (χ1v) is 11.0. The van der Waals surface area contributed by atoms with Gasteiger partial charge in [0.2, 0.25) is 5.91 Å². The van der Waals surface area contributed by atoms with E-state index in [1.54, 1.807) is 12.1 Å². The van der Waals surface area contributed by atoms with Crippen molar-refractivity contribution in [2.24, 2.45) is 5.73 Å². The first-order chi connectivity index (χ1) is 15.6. The third-order valence-corrected chi connectivity index (χ3v) is 6.15. The van der Waals surface area contributed by atoms with E-state index in [4.69, 9.17) is 30.1 Å². The molecule has 3 fully saturated rings. The topological polar surface area (TPSA) is 107 Å². The summed E-state index contributed by atoms with van der Waals surface area (Å²) in [6, 6.07) is 14.8. The van der Waals surface area contributed by atoms with Gasteiger partial charge >= 0.3 is 0 Å². The Kier molecular flexibility index (Phi) is 5.71. The molecule has 3 N–H and O–H groups in total. The van der Waals surface area contributed by atoms with Crippen LogP contribution in [0.5, 0.6) is 11.5 Å². The van der Waals surface area contributed by atoms with Crippen molar-refractivity contribution >= 4 is 17.4 Å². The van der Waals surface area contributed by atoms with Gasteiger partial charge in [0.1, 0.15) is 29.5 Å². The van der Waals surface area contributed by atoms with E-state index >= 15 is 0 Å². The number of amidine groups is 1. The summed E-state index contributed by atoms with van der Waals surface area (Å²) in [6.45, 7) is 1.58. The van der Waals surface area contributed by atoms with Gasteiger partial charge in [-0.05, 0) is 49.2 Å². The Labute approximate surface area is 186 Å². The Balaban J connectivity index is 1.20. The van der Waals surface area contributed by atoms with Gasteiger partial charge in [-0.1, -0.05) is 12.1 Å². The van der Waals surface area contributed by atoms with E-state index in [0.717, 1.165) is 30.8 Å². The summed E-state index contributed by atoms with van der Waals surface area (Å²) in [5.74, 6) is 1.52. The van der Waals surface area contributed by atoms with Crippen molar-refractivity contribution in [3.8, 4) is 11.5 Å². The Bertz CT molecular complexity index is 995. The zero-order valence-electron chi connectivity index (χ0n) is 17.7. The minimum absolute atomic E-state index is 0.00255. The number of carbonyl (C=O) groups excluding carboxylic acids is 1. The van der Waals surface area contributed by atoms with Crippen molar-refractivity contribution in [1.82, 2.24) is 0 Å². The van der Waals surface area contributed by atoms with Crippen LogP contribution in [-0.4, -0.2) is 55.9 Å². The molecule has 0 bridgehead atoms. The van der Waals surface area contributed by atoms with Crippen molar-refractivity contribution in [1.29, 1.82) is 5.41 Å². The number of carbonyl (C=O) groups is 1. The summed E-state index contributed by atoms with van der Waals surface area (Å²) >= 11 is 0. The van der Waals surface area contributed by atoms with Gasteiger partial charge in [-0.15, -0.1) is 0 Å². The second kappa shape index (κ2) is 8.80. The SMILES string of the molecule is N=C(N)c1cccc(O[C@H]2CO[C@H]3[C@@H]2OC[C@H]3Oc2ccc(N3CCCCC3=O)cc2)c1. The summed E-state index contributed by atoms with van der Waals surface area (Å²) < 4.78 is 24.2. The second-order valence-electron chi connectivity index (χ2n) is 8.35. The number of rotatable bonds is 6. The Morgan fingerprint density at radius 2 is 1.66 bits per heavy atom. The zero-order chi connectivity index (χ0) is 22.1. The first-order valence-electron chi connectivity index (χ1n) is 11.0. The molecular weight excluding hydrogens is 410 g/mol. The van der Waals surface area contributed by atoms with E-state index in [-0.39, 0.29) is 36.2 Å². The molecule has 0 aromatic heterocycles. The molecule has 32 heavy (non-hydrogen) atoms. The average molecular weight is 437 g/mol. The molecule has 2 aromatic rings. The number of nitrogens with zero attached hydrogens (tertiary/aromatic N) is 1. The number of ether oxygens (including phenoxy) is 4. The summed E-state index contributed by atoms with van der Waals surface area (Å²) in [5.41, 5.74) is 7.08. The highest BCUT2D eigenvalue weighted by Gasteiger charge is 2.50. The fourth-order valence-corrected chi connectivity index (χ4v) is 4.50. The van der Waals surface area contributed by atoms with E-state index in [0.29, 0.717) is 30.9 Å². The van der Waals surface area contributed by atoms with Crippen LogP contribution in [0.3, 0.4) is 0 Å². The smallest absolute Gasteiger partial charge is 0.226 e. The molecule has 3 aliphatic heterocycles. The third-order valence-electron chi connectivity index (χ3n) is 6.15.